The van der Waals surface area contributed by atoms with Gasteiger partial charge in [0.05, 0.1) is 5.56 Å². The molecule has 0 aliphatic rings. The third kappa shape index (κ3) is 3.56. The molecule has 0 aliphatic carbocycles. The fraction of sp³-hybridized carbons (Fsp3) is 0.273. The first-order chi connectivity index (χ1) is 7.13. The molecule has 15 heavy (non-hydrogen) atoms. The van der Waals surface area contributed by atoms with Crippen molar-refractivity contribution >= 4 is 0 Å². The van der Waals surface area contributed by atoms with E-state index in [9.17, 15) is 8.78 Å². The number of aliphatic hydroxyl groups excluding tert-OH is 1. The number of alkyl halides is 2. The number of rotatable bonds is 2. The van der Waals surface area contributed by atoms with Crippen LogP contribution in [0.2, 0.25) is 0 Å². The van der Waals surface area contributed by atoms with Gasteiger partial charge < -0.3 is 9.84 Å². The van der Waals surface area contributed by atoms with Gasteiger partial charge in [-0.1, -0.05) is 17.9 Å². The topological polar surface area (TPSA) is 29.5 Å². The zero-order valence-corrected chi connectivity index (χ0v) is 8.13. The van der Waals surface area contributed by atoms with E-state index in [2.05, 4.69) is 16.6 Å². The highest BCUT2D eigenvalue weighted by molar-refractivity contribution is 5.48. The van der Waals surface area contributed by atoms with E-state index < -0.39 is 6.61 Å². The summed E-state index contributed by atoms with van der Waals surface area (Å²) in [4.78, 5) is 0. The molecule has 0 saturated carbocycles. The van der Waals surface area contributed by atoms with Gasteiger partial charge in [0.1, 0.15) is 12.4 Å². The van der Waals surface area contributed by atoms with Crippen molar-refractivity contribution in [2.75, 3.05) is 6.61 Å². The molecule has 0 aromatic heterocycles. The molecule has 4 heteroatoms. The summed E-state index contributed by atoms with van der Waals surface area (Å²) in [5, 5.41) is 8.51. The van der Waals surface area contributed by atoms with Gasteiger partial charge in [0, 0.05) is 0 Å². The third-order valence-electron chi connectivity index (χ3n) is 1.65. The van der Waals surface area contributed by atoms with Crippen LogP contribution in [0.1, 0.15) is 11.1 Å². The second kappa shape index (κ2) is 5.32. The van der Waals surface area contributed by atoms with Crippen molar-refractivity contribution in [1.82, 2.24) is 0 Å². The number of ether oxygens (including phenoxy) is 1. The minimum atomic E-state index is -2.87. The van der Waals surface area contributed by atoms with E-state index >= 15 is 0 Å². The Labute approximate surface area is 86.5 Å². The predicted octanol–water partition coefficient (Wildman–Crippen LogP) is 1.94. The van der Waals surface area contributed by atoms with Crippen molar-refractivity contribution in [3.63, 3.8) is 0 Å². The van der Waals surface area contributed by atoms with Crippen LogP contribution < -0.4 is 4.74 Å². The first-order valence-corrected chi connectivity index (χ1v) is 4.28. The summed E-state index contributed by atoms with van der Waals surface area (Å²) < 4.78 is 28.3. The molecule has 0 aliphatic heterocycles. The van der Waals surface area contributed by atoms with Crippen molar-refractivity contribution in [3.05, 3.63) is 29.3 Å². The summed E-state index contributed by atoms with van der Waals surface area (Å²) in [6, 6.07) is 4.71. The largest absolute Gasteiger partial charge is 0.434 e. The van der Waals surface area contributed by atoms with Crippen LogP contribution in [0.4, 0.5) is 8.78 Å². The maximum atomic E-state index is 12.0. The van der Waals surface area contributed by atoms with E-state index in [1.165, 1.54) is 6.07 Å². The number of halogens is 2. The molecule has 0 spiro atoms. The van der Waals surface area contributed by atoms with Crippen LogP contribution in [0.3, 0.4) is 0 Å². The lowest BCUT2D eigenvalue weighted by molar-refractivity contribution is -0.0500. The molecule has 0 saturated heterocycles. The zero-order valence-electron chi connectivity index (χ0n) is 8.13. The van der Waals surface area contributed by atoms with E-state index in [0.717, 1.165) is 5.56 Å². The van der Waals surface area contributed by atoms with Crippen molar-refractivity contribution in [3.8, 4) is 17.6 Å². The summed E-state index contributed by atoms with van der Waals surface area (Å²) in [7, 11) is 0. The standard InChI is InChI=1S/C11H10F2O2/c1-8-4-5-10(15-11(12)13)9(7-8)3-2-6-14/h4-5,7,11,14H,6H2,1H3. The summed E-state index contributed by atoms with van der Waals surface area (Å²) in [5.41, 5.74) is 1.24. The molecule has 0 unspecified atom stereocenters. The maximum Gasteiger partial charge on any atom is 0.387 e. The molecule has 1 rings (SSSR count). The van der Waals surface area contributed by atoms with Gasteiger partial charge in [0.2, 0.25) is 0 Å². The molecule has 1 aromatic carbocycles. The SMILES string of the molecule is Cc1ccc(OC(F)F)c(C#CCO)c1. The Kier molecular flexibility index (Phi) is 4.07. The molecule has 80 valence electrons. The van der Waals surface area contributed by atoms with E-state index in [-0.39, 0.29) is 12.4 Å². The minimum absolute atomic E-state index is 0.0246. The number of aryl methyl sites for hydroxylation is 1. The summed E-state index contributed by atoms with van der Waals surface area (Å²) in [6.07, 6.45) is 0. The fourth-order valence-electron chi connectivity index (χ4n) is 1.08. The molecule has 0 fully saturated rings. The van der Waals surface area contributed by atoms with Crippen LogP contribution in [0.25, 0.3) is 0 Å². The smallest absolute Gasteiger partial charge is 0.387 e. The fourth-order valence-corrected chi connectivity index (χ4v) is 1.08. The van der Waals surface area contributed by atoms with E-state index in [0.29, 0.717) is 5.56 Å². The lowest BCUT2D eigenvalue weighted by Crippen LogP contribution is -2.03. The molecule has 2 nitrogen and oxygen atoms in total. The van der Waals surface area contributed by atoms with Crippen LogP contribution in [0.5, 0.6) is 5.75 Å². The van der Waals surface area contributed by atoms with Gasteiger partial charge in [-0.3, -0.25) is 0 Å². The molecule has 0 radical (unpaired) electrons. The normalized spacial score (nSPS) is 9.67. The summed E-state index contributed by atoms with van der Waals surface area (Å²) >= 11 is 0. The van der Waals surface area contributed by atoms with E-state index in [1.54, 1.807) is 12.1 Å². The quantitative estimate of drug-likeness (QED) is 0.759. The van der Waals surface area contributed by atoms with Crippen LogP contribution in [-0.4, -0.2) is 18.3 Å². The van der Waals surface area contributed by atoms with Crippen molar-refractivity contribution < 1.29 is 18.6 Å². The summed E-state index contributed by atoms with van der Waals surface area (Å²) in [6.45, 7) is -1.37. The van der Waals surface area contributed by atoms with Gasteiger partial charge in [-0.2, -0.15) is 8.78 Å². The second-order valence-electron chi connectivity index (χ2n) is 2.84. The van der Waals surface area contributed by atoms with Gasteiger partial charge >= 0.3 is 6.61 Å². The Morgan fingerprint density at radius 3 is 2.80 bits per heavy atom. The highest BCUT2D eigenvalue weighted by atomic mass is 19.3. The highest BCUT2D eigenvalue weighted by Gasteiger charge is 2.07. The molecular weight excluding hydrogens is 202 g/mol. The Morgan fingerprint density at radius 1 is 1.47 bits per heavy atom. The lowest BCUT2D eigenvalue weighted by atomic mass is 10.1. The molecule has 1 N–H and O–H groups in total. The van der Waals surface area contributed by atoms with Crippen LogP contribution >= 0.6 is 0 Å². The van der Waals surface area contributed by atoms with Gasteiger partial charge in [-0.25, -0.2) is 0 Å². The highest BCUT2D eigenvalue weighted by Crippen LogP contribution is 2.20. The van der Waals surface area contributed by atoms with Crippen LogP contribution in [-0.2, 0) is 0 Å². The molecule has 1 aromatic rings. The van der Waals surface area contributed by atoms with Gasteiger partial charge in [0.25, 0.3) is 0 Å². The van der Waals surface area contributed by atoms with E-state index in [4.69, 9.17) is 5.11 Å². The van der Waals surface area contributed by atoms with Crippen LogP contribution in [0, 0.1) is 18.8 Å². The number of hydrogen-bond acceptors (Lipinski definition) is 2. The zero-order chi connectivity index (χ0) is 11.3. The molecule has 0 amide bonds. The first kappa shape index (κ1) is 11.5. The third-order valence-corrected chi connectivity index (χ3v) is 1.65. The minimum Gasteiger partial charge on any atom is -0.434 e. The van der Waals surface area contributed by atoms with Crippen molar-refractivity contribution in [1.29, 1.82) is 0 Å². The number of aliphatic hydroxyl groups is 1. The monoisotopic (exact) mass is 212 g/mol. The number of benzene rings is 1. The van der Waals surface area contributed by atoms with Crippen LogP contribution in [0.15, 0.2) is 18.2 Å². The Morgan fingerprint density at radius 2 is 2.20 bits per heavy atom. The van der Waals surface area contributed by atoms with Gasteiger partial charge in [-0.05, 0) is 24.6 Å². The average Bonchev–Trinajstić information content (AvgIpc) is 2.18. The number of hydrogen-bond donors (Lipinski definition) is 1. The first-order valence-electron chi connectivity index (χ1n) is 4.28. The lowest BCUT2D eigenvalue weighted by Gasteiger charge is -2.07. The van der Waals surface area contributed by atoms with Crippen molar-refractivity contribution in [2.45, 2.75) is 13.5 Å². The van der Waals surface area contributed by atoms with Crippen molar-refractivity contribution in [2.24, 2.45) is 0 Å². The Balaban J connectivity index is 3.03. The van der Waals surface area contributed by atoms with Gasteiger partial charge in [-0.15, -0.1) is 0 Å². The molecule has 0 bridgehead atoms. The predicted molar refractivity (Wildman–Crippen MR) is 51.8 cm³/mol. The van der Waals surface area contributed by atoms with Gasteiger partial charge in [0.15, 0.2) is 0 Å². The second-order valence-corrected chi connectivity index (χ2v) is 2.84. The average molecular weight is 212 g/mol. The molecule has 0 heterocycles. The molecular formula is C11H10F2O2. The summed E-state index contributed by atoms with van der Waals surface area (Å²) in [5.74, 6) is 4.96. The Hall–Kier alpha value is -1.60. The van der Waals surface area contributed by atoms with E-state index in [1.807, 2.05) is 6.92 Å². The molecule has 0 atom stereocenters. The Bertz CT molecular complexity index is 391. The maximum absolute atomic E-state index is 12.0.